The van der Waals surface area contributed by atoms with Crippen LogP contribution in [0.1, 0.15) is 149 Å². The number of amides is 1. The molecule has 1 amide bonds. The Kier molecular flexibility index (Phi) is 25.7. The van der Waals surface area contributed by atoms with Crippen LogP contribution in [0.5, 0.6) is 0 Å². The third kappa shape index (κ3) is 23.8. The highest BCUT2D eigenvalue weighted by Gasteiger charge is 2.11. The van der Waals surface area contributed by atoms with Crippen molar-refractivity contribution in [2.45, 2.75) is 155 Å². The predicted molar refractivity (Wildman–Crippen MR) is 141 cm³/mol. The zero-order valence-electron chi connectivity index (χ0n) is 22.1. The number of ether oxygens (including phenoxy) is 1. The average Bonchev–Trinajstić information content (AvgIpc) is 2.80. The van der Waals surface area contributed by atoms with Gasteiger partial charge in [0.25, 0.3) is 0 Å². The van der Waals surface area contributed by atoms with Crippen molar-refractivity contribution in [1.29, 1.82) is 0 Å². The monoisotopic (exact) mass is 451 g/mol. The second-order valence-corrected chi connectivity index (χ2v) is 9.51. The first-order chi connectivity index (χ1) is 15.7. The first-order valence-electron chi connectivity index (χ1n) is 14.3. The van der Waals surface area contributed by atoms with Gasteiger partial charge in [-0.1, -0.05) is 116 Å². The van der Waals surface area contributed by atoms with Crippen LogP contribution in [0.2, 0.25) is 0 Å². The van der Waals surface area contributed by atoms with Gasteiger partial charge in [0.1, 0.15) is 6.10 Å². The van der Waals surface area contributed by atoms with E-state index >= 15 is 0 Å². The van der Waals surface area contributed by atoms with Gasteiger partial charge < -0.3 is 10.1 Å². The van der Waals surface area contributed by atoms with Gasteiger partial charge in [-0.2, -0.15) is 0 Å². The summed E-state index contributed by atoms with van der Waals surface area (Å²) in [7, 11) is 0. The smallest absolute Gasteiger partial charge is 0.248 e. The van der Waals surface area contributed by atoms with E-state index in [9.17, 15) is 4.79 Å². The molecule has 0 aliphatic heterocycles. The Balaban J connectivity index is 3.31. The molecule has 3 heteroatoms. The number of carbonyl (C=O) groups is 1. The van der Waals surface area contributed by atoms with Crippen molar-refractivity contribution >= 4 is 5.91 Å². The van der Waals surface area contributed by atoms with Crippen LogP contribution in [0, 0.1) is 0 Å². The fourth-order valence-corrected chi connectivity index (χ4v) is 3.95. The lowest BCUT2D eigenvalue weighted by atomic mass is 10.1. The van der Waals surface area contributed by atoms with E-state index in [1.54, 1.807) is 0 Å². The van der Waals surface area contributed by atoms with Crippen molar-refractivity contribution in [2.75, 3.05) is 13.2 Å². The molecule has 0 aromatic rings. The second-order valence-electron chi connectivity index (χ2n) is 9.51. The van der Waals surface area contributed by atoms with Crippen molar-refractivity contribution in [2.24, 2.45) is 0 Å². The summed E-state index contributed by atoms with van der Waals surface area (Å²) in [4.78, 5) is 12.0. The lowest BCUT2D eigenvalue weighted by Gasteiger charge is -2.13. The van der Waals surface area contributed by atoms with Crippen LogP contribution in [-0.4, -0.2) is 25.2 Å². The third-order valence-electron chi connectivity index (χ3n) is 6.22. The Bertz CT molecular complexity index is 408. The van der Waals surface area contributed by atoms with E-state index in [0.717, 1.165) is 19.4 Å². The molecule has 190 valence electrons. The van der Waals surface area contributed by atoms with Gasteiger partial charge in [0, 0.05) is 13.2 Å². The van der Waals surface area contributed by atoms with Crippen molar-refractivity contribution < 1.29 is 9.53 Å². The molecule has 0 aliphatic rings. The molecular formula is C29H57NO2. The summed E-state index contributed by atoms with van der Waals surface area (Å²) >= 11 is 0. The summed E-state index contributed by atoms with van der Waals surface area (Å²) in [6.45, 7) is 7.87. The maximum absolute atomic E-state index is 12.0. The number of rotatable bonds is 25. The third-order valence-corrected chi connectivity index (χ3v) is 6.22. The fraction of sp³-hybridized carbons (Fsp3) is 0.897. The molecule has 0 bridgehead atoms. The average molecular weight is 452 g/mol. The molecule has 0 aromatic heterocycles. The van der Waals surface area contributed by atoms with Gasteiger partial charge in [-0.3, -0.25) is 4.79 Å². The Hall–Kier alpha value is -0.830. The summed E-state index contributed by atoms with van der Waals surface area (Å²) < 4.78 is 5.71. The van der Waals surface area contributed by atoms with Crippen LogP contribution in [0.3, 0.4) is 0 Å². The number of hydrogen-bond donors (Lipinski definition) is 1. The van der Waals surface area contributed by atoms with Gasteiger partial charge in [0.2, 0.25) is 5.91 Å². The second kappa shape index (κ2) is 26.4. The molecule has 3 nitrogen and oxygen atoms in total. The van der Waals surface area contributed by atoms with Gasteiger partial charge in [-0.15, -0.1) is 0 Å². The van der Waals surface area contributed by atoms with Crippen molar-refractivity contribution in [3.05, 3.63) is 12.2 Å². The molecule has 0 saturated heterocycles. The summed E-state index contributed by atoms with van der Waals surface area (Å²) in [6.07, 6.45) is 30.3. The van der Waals surface area contributed by atoms with E-state index in [1.807, 2.05) is 6.92 Å². The maximum Gasteiger partial charge on any atom is 0.248 e. The van der Waals surface area contributed by atoms with Crippen LogP contribution in [0.25, 0.3) is 0 Å². The maximum atomic E-state index is 12.0. The van der Waals surface area contributed by atoms with E-state index in [4.69, 9.17) is 4.74 Å². The first kappa shape index (κ1) is 31.2. The van der Waals surface area contributed by atoms with Crippen LogP contribution >= 0.6 is 0 Å². The summed E-state index contributed by atoms with van der Waals surface area (Å²) in [6, 6.07) is 0. The van der Waals surface area contributed by atoms with Crippen molar-refractivity contribution in [1.82, 2.24) is 5.32 Å². The molecule has 0 rings (SSSR count). The molecule has 1 atom stereocenters. The number of hydrogen-bond acceptors (Lipinski definition) is 2. The number of nitrogens with one attached hydrogen (secondary N) is 1. The summed E-state index contributed by atoms with van der Waals surface area (Å²) in [5.41, 5.74) is 0. The molecule has 0 saturated carbocycles. The van der Waals surface area contributed by atoms with Gasteiger partial charge >= 0.3 is 0 Å². The van der Waals surface area contributed by atoms with E-state index in [2.05, 4.69) is 31.3 Å². The van der Waals surface area contributed by atoms with Gasteiger partial charge in [0.15, 0.2) is 0 Å². The van der Waals surface area contributed by atoms with Gasteiger partial charge in [0.05, 0.1) is 0 Å². The normalized spacial score (nSPS) is 12.5. The highest BCUT2D eigenvalue weighted by Crippen LogP contribution is 2.10. The van der Waals surface area contributed by atoms with Gasteiger partial charge in [-0.25, -0.2) is 0 Å². The lowest BCUT2D eigenvalue weighted by Crippen LogP contribution is -2.35. The topological polar surface area (TPSA) is 38.3 Å². The molecule has 32 heavy (non-hydrogen) atoms. The largest absolute Gasteiger partial charge is 0.369 e. The molecule has 0 heterocycles. The molecule has 0 fully saturated rings. The molecular weight excluding hydrogens is 394 g/mol. The molecule has 1 N–H and O–H groups in total. The van der Waals surface area contributed by atoms with E-state index in [-0.39, 0.29) is 12.0 Å². The molecule has 0 spiro atoms. The molecule has 0 radical (unpaired) electrons. The molecule has 1 unspecified atom stereocenters. The van der Waals surface area contributed by atoms with Crippen LogP contribution in [0.15, 0.2) is 12.2 Å². The van der Waals surface area contributed by atoms with Crippen molar-refractivity contribution in [3.63, 3.8) is 0 Å². The zero-order valence-corrected chi connectivity index (χ0v) is 22.1. The predicted octanol–water partition coefficient (Wildman–Crippen LogP) is 8.91. The first-order valence-corrected chi connectivity index (χ1v) is 14.3. The standard InChI is InChI=1S/C29H57NO2/c1-4-6-8-10-12-13-14-15-16-17-18-19-20-21-23-25-27-32-28(3)29(31)30-26-24-22-11-9-7-5-2/h15-16,28H,4-14,17-27H2,1-3H3,(H,30,31)/b16-15-. The SMILES string of the molecule is CCCCCCCC/C=C\CCCCCCCCOC(C)C(=O)NCCCCCCCC. The van der Waals surface area contributed by atoms with Gasteiger partial charge in [-0.05, 0) is 45.4 Å². The van der Waals surface area contributed by atoms with Crippen molar-refractivity contribution in [3.8, 4) is 0 Å². The zero-order chi connectivity index (χ0) is 23.5. The van der Waals surface area contributed by atoms with E-state index in [0.29, 0.717) is 6.61 Å². The Labute approximate surface area is 201 Å². The molecule has 0 aromatic carbocycles. The lowest BCUT2D eigenvalue weighted by molar-refractivity contribution is -0.131. The van der Waals surface area contributed by atoms with Crippen LogP contribution < -0.4 is 5.32 Å². The highest BCUT2D eigenvalue weighted by atomic mass is 16.5. The van der Waals surface area contributed by atoms with E-state index in [1.165, 1.54) is 116 Å². The Morgan fingerprint density at radius 3 is 1.62 bits per heavy atom. The summed E-state index contributed by atoms with van der Waals surface area (Å²) in [5.74, 6) is 0.0445. The number of carbonyl (C=O) groups excluding carboxylic acids is 1. The highest BCUT2D eigenvalue weighted by molar-refractivity contribution is 5.80. The summed E-state index contributed by atoms with van der Waals surface area (Å²) in [5, 5.41) is 3.01. The minimum absolute atomic E-state index is 0.0445. The Morgan fingerprint density at radius 1 is 0.656 bits per heavy atom. The number of allylic oxidation sites excluding steroid dienone is 2. The van der Waals surface area contributed by atoms with E-state index < -0.39 is 0 Å². The minimum atomic E-state index is -0.321. The Morgan fingerprint density at radius 2 is 1.09 bits per heavy atom. The molecule has 0 aliphatic carbocycles. The quantitative estimate of drug-likeness (QED) is 0.111. The van der Waals surface area contributed by atoms with Crippen LogP contribution in [0.4, 0.5) is 0 Å². The van der Waals surface area contributed by atoms with Crippen LogP contribution in [-0.2, 0) is 9.53 Å². The number of unbranched alkanes of at least 4 members (excludes halogenated alkanes) is 17. The fourth-order valence-electron chi connectivity index (χ4n) is 3.95. The minimum Gasteiger partial charge on any atom is -0.369 e.